The number of thiazole rings is 1. The average molecular weight is 317 g/mol. The number of benzene rings is 1. The second-order valence-electron chi connectivity index (χ2n) is 5.11. The summed E-state index contributed by atoms with van der Waals surface area (Å²) in [6.07, 6.45) is 1.76. The number of morpholine rings is 1. The number of nitrogens with zero attached hydrogens (tertiary/aromatic N) is 2. The minimum absolute atomic E-state index is 0.0968. The Morgan fingerprint density at radius 3 is 2.82 bits per heavy atom. The molecule has 0 spiro atoms. The molecule has 1 aromatic carbocycles. The van der Waals surface area contributed by atoms with Crippen molar-refractivity contribution in [2.75, 3.05) is 39.4 Å². The number of hydrogen-bond acceptors (Lipinski definition) is 5. The van der Waals surface area contributed by atoms with Crippen molar-refractivity contribution in [3.63, 3.8) is 0 Å². The van der Waals surface area contributed by atoms with E-state index < -0.39 is 0 Å². The number of ether oxygens (including phenoxy) is 1. The highest BCUT2D eigenvalue weighted by Gasteiger charge is 2.13. The molecule has 2 aromatic rings. The Morgan fingerprint density at radius 2 is 2.05 bits per heavy atom. The molecule has 1 fully saturated rings. The molecule has 1 amide bonds. The normalized spacial score (nSPS) is 15.6. The first-order chi connectivity index (χ1) is 10.8. The zero-order valence-electron chi connectivity index (χ0n) is 12.3. The van der Waals surface area contributed by atoms with Crippen molar-refractivity contribution in [3.8, 4) is 10.4 Å². The maximum absolute atomic E-state index is 12.1. The Bertz CT molecular complexity index is 609. The van der Waals surface area contributed by atoms with E-state index in [2.05, 4.69) is 15.2 Å². The van der Waals surface area contributed by atoms with E-state index in [1.807, 2.05) is 30.3 Å². The highest BCUT2D eigenvalue weighted by Crippen LogP contribution is 2.25. The molecular weight excluding hydrogens is 298 g/mol. The fraction of sp³-hybridized carbons (Fsp3) is 0.375. The van der Waals surface area contributed by atoms with Crippen LogP contribution < -0.4 is 5.32 Å². The van der Waals surface area contributed by atoms with Crippen LogP contribution >= 0.6 is 11.3 Å². The SMILES string of the molecule is O=C(NCCN1CCOCC1)c1ncc(-c2ccccc2)s1. The third kappa shape index (κ3) is 3.91. The van der Waals surface area contributed by atoms with Gasteiger partial charge < -0.3 is 10.1 Å². The Labute approximate surface area is 133 Å². The van der Waals surface area contributed by atoms with Gasteiger partial charge >= 0.3 is 0 Å². The number of nitrogens with one attached hydrogen (secondary N) is 1. The lowest BCUT2D eigenvalue weighted by Gasteiger charge is -2.26. The maximum atomic E-state index is 12.1. The van der Waals surface area contributed by atoms with Crippen LogP contribution in [-0.4, -0.2) is 55.2 Å². The van der Waals surface area contributed by atoms with Crippen LogP contribution in [0.5, 0.6) is 0 Å². The fourth-order valence-electron chi connectivity index (χ4n) is 2.34. The van der Waals surface area contributed by atoms with E-state index >= 15 is 0 Å². The van der Waals surface area contributed by atoms with Crippen molar-refractivity contribution < 1.29 is 9.53 Å². The first-order valence-electron chi connectivity index (χ1n) is 7.42. The first kappa shape index (κ1) is 15.1. The summed E-state index contributed by atoms with van der Waals surface area (Å²) in [6, 6.07) is 9.99. The van der Waals surface area contributed by atoms with Gasteiger partial charge in [0.25, 0.3) is 5.91 Å². The van der Waals surface area contributed by atoms with Crippen LogP contribution in [-0.2, 0) is 4.74 Å². The molecule has 0 radical (unpaired) electrons. The summed E-state index contributed by atoms with van der Waals surface area (Å²) >= 11 is 1.42. The Hall–Kier alpha value is -1.76. The van der Waals surface area contributed by atoms with Gasteiger partial charge in [-0.2, -0.15) is 0 Å². The molecule has 1 aromatic heterocycles. The summed E-state index contributed by atoms with van der Waals surface area (Å²) in [5.41, 5.74) is 1.09. The lowest BCUT2D eigenvalue weighted by Crippen LogP contribution is -2.41. The molecule has 0 bridgehead atoms. The van der Waals surface area contributed by atoms with Gasteiger partial charge in [0.15, 0.2) is 5.01 Å². The van der Waals surface area contributed by atoms with E-state index in [1.54, 1.807) is 6.20 Å². The van der Waals surface area contributed by atoms with Gasteiger partial charge in [-0.05, 0) is 5.56 Å². The van der Waals surface area contributed by atoms with Gasteiger partial charge in [0, 0.05) is 32.4 Å². The topological polar surface area (TPSA) is 54.5 Å². The number of carbonyl (C=O) groups is 1. The van der Waals surface area contributed by atoms with E-state index in [1.165, 1.54) is 11.3 Å². The second kappa shape index (κ2) is 7.49. The molecule has 22 heavy (non-hydrogen) atoms. The standard InChI is InChI=1S/C16H19N3O2S/c20-15(17-6-7-19-8-10-21-11-9-19)16-18-12-14(22-16)13-4-2-1-3-5-13/h1-5,12H,6-11H2,(H,17,20). The van der Waals surface area contributed by atoms with Crippen LogP contribution in [0.15, 0.2) is 36.5 Å². The molecule has 0 saturated carbocycles. The van der Waals surface area contributed by atoms with E-state index in [9.17, 15) is 4.79 Å². The maximum Gasteiger partial charge on any atom is 0.280 e. The van der Waals surface area contributed by atoms with Crippen LogP contribution in [0.25, 0.3) is 10.4 Å². The van der Waals surface area contributed by atoms with Gasteiger partial charge in [-0.25, -0.2) is 4.98 Å². The predicted molar refractivity (Wildman–Crippen MR) is 87.1 cm³/mol. The Balaban J connectivity index is 1.51. The van der Waals surface area contributed by atoms with Crippen LogP contribution in [0, 0.1) is 0 Å². The summed E-state index contributed by atoms with van der Waals surface area (Å²) in [5, 5.41) is 3.45. The van der Waals surface area contributed by atoms with Crippen molar-refractivity contribution in [2.24, 2.45) is 0 Å². The lowest BCUT2D eigenvalue weighted by molar-refractivity contribution is 0.0383. The Kier molecular flexibility index (Phi) is 5.15. The molecule has 116 valence electrons. The van der Waals surface area contributed by atoms with Crippen molar-refractivity contribution in [2.45, 2.75) is 0 Å². The number of carbonyl (C=O) groups excluding carboxylic acids is 1. The van der Waals surface area contributed by atoms with Gasteiger partial charge in [-0.3, -0.25) is 9.69 Å². The van der Waals surface area contributed by atoms with Crippen LogP contribution in [0.2, 0.25) is 0 Å². The highest BCUT2D eigenvalue weighted by molar-refractivity contribution is 7.16. The van der Waals surface area contributed by atoms with Crippen molar-refractivity contribution >= 4 is 17.2 Å². The average Bonchev–Trinajstić information content (AvgIpc) is 3.07. The molecule has 1 saturated heterocycles. The molecule has 1 aliphatic heterocycles. The molecule has 1 aliphatic rings. The van der Waals surface area contributed by atoms with Gasteiger partial charge in [-0.15, -0.1) is 11.3 Å². The lowest BCUT2D eigenvalue weighted by atomic mass is 10.2. The molecule has 0 atom stereocenters. The second-order valence-corrected chi connectivity index (χ2v) is 6.14. The zero-order chi connectivity index (χ0) is 15.2. The first-order valence-corrected chi connectivity index (χ1v) is 8.24. The quantitative estimate of drug-likeness (QED) is 0.915. The largest absolute Gasteiger partial charge is 0.379 e. The molecule has 1 N–H and O–H groups in total. The zero-order valence-corrected chi connectivity index (χ0v) is 13.1. The van der Waals surface area contributed by atoms with E-state index in [-0.39, 0.29) is 5.91 Å². The van der Waals surface area contributed by atoms with E-state index in [0.717, 1.165) is 43.3 Å². The fourth-order valence-corrected chi connectivity index (χ4v) is 3.18. The van der Waals surface area contributed by atoms with Crippen molar-refractivity contribution in [1.82, 2.24) is 15.2 Å². The molecule has 2 heterocycles. The number of amides is 1. The van der Waals surface area contributed by atoms with Gasteiger partial charge in [0.2, 0.25) is 0 Å². The number of rotatable bonds is 5. The van der Waals surface area contributed by atoms with Gasteiger partial charge in [0.1, 0.15) is 0 Å². The minimum Gasteiger partial charge on any atom is -0.379 e. The smallest absolute Gasteiger partial charge is 0.280 e. The van der Waals surface area contributed by atoms with Gasteiger partial charge in [-0.1, -0.05) is 30.3 Å². The van der Waals surface area contributed by atoms with Crippen LogP contribution in [0.1, 0.15) is 9.80 Å². The number of aromatic nitrogens is 1. The Morgan fingerprint density at radius 1 is 1.27 bits per heavy atom. The summed E-state index contributed by atoms with van der Waals surface area (Å²) in [7, 11) is 0. The van der Waals surface area contributed by atoms with E-state index in [4.69, 9.17) is 4.74 Å². The minimum atomic E-state index is -0.0968. The molecule has 0 aliphatic carbocycles. The summed E-state index contributed by atoms with van der Waals surface area (Å²) in [6.45, 7) is 4.92. The van der Waals surface area contributed by atoms with Crippen molar-refractivity contribution in [1.29, 1.82) is 0 Å². The molecule has 3 rings (SSSR count). The molecular formula is C16H19N3O2S. The van der Waals surface area contributed by atoms with E-state index in [0.29, 0.717) is 11.6 Å². The summed E-state index contributed by atoms with van der Waals surface area (Å²) in [5.74, 6) is -0.0968. The number of hydrogen-bond donors (Lipinski definition) is 1. The predicted octanol–water partition coefficient (Wildman–Crippen LogP) is 1.87. The third-order valence-corrected chi connectivity index (χ3v) is 4.62. The third-order valence-electron chi connectivity index (χ3n) is 3.58. The van der Waals surface area contributed by atoms with Crippen LogP contribution in [0.4, 0.5) is 0 Å². The summed E-state index contributed by atoms with van der Waals surface area (Å²) < 4.78 is 5.30. The van der Waals surface area contributed by atoms with Gasteiger partial charge in [0.05, 0.1) is 18.1 Å². The summed E-state index contributed by atoms with van der Waals surface area (Å²) in [4.78, 5) is 19.7. The molecule has 5 nitrogen and oxygen atoms in total. The molecule has 0 unspecified atom stereocenters. The monoisotopic (exact) mass is 317 g/mol. The van der Waals surface area contributed by atoms with Crippen LogP contribution in [0.3, 0.4) is 0 Å². The highest BCUT2D eigenvalue weighted by atomic mass is 32.1. The molecule has 6 heteroatoms. The van der Waals surface area contributed by atoms with Crippen molar-refractivity contribution in [3.05, 3.63) is 41.5 Å².